The Balaban J connectivity index is 0.00000161. The Bertz CT molecular complexity index is 546. The molecule has 0 atom stereocenters. The molecule has 114 valence electrons. The normalized spacial score (nSPS) is 28.6. The van der Waals surface area contributed by atoms with Gasteiger partial charge in [0.1, 0.15) is 5.66 Å². The third-order valence-corrected chi connectivity index (χ3v) is 4.29. The number of hydrogen-bond donors (Lipinski definition) is 2. The summed E-state index contributed by atoms with van der Waals surface area (Å²) in [5.41, 5.74) is 12.7. The fourth-order valence-corrected chi connectivity index (χ4v) is 3.18. The number of hydrogen-bond acceptors (Lipinski definition) is 5. The van der Waals surface area contributed by atoms with Crippen molar-refractivity contribution in [3.05, 3.63) is 30.3 Å². The van der Waals surface area contributed by atoms with Crippen molar-refractivity contribution in [3.63, 3.8) is 0 Å². The summed E-state index contributed by atoms with van der Waals surface area (Å²) in [5.74, 6) is 1.47. The van der Waals surface area contributed by atoms with Crippen LogP contribution in [0.1, 0.15) is 32.6 Å². The minimum atomic E-state index is -0.357. The number of rotatable bonds is 1. The zero-order valence-corrected chi connectivity index (χ0v) is 13.0. The highest BCUT2D eigenvalue weighted by Crippen LogP contribution is 2.41. The molecule has 0 bridgehead atoms. The standard InChI is InChI=1S/C15H21N5.ClH/c1-11-7-9-15(10-8-11)19-13(16)18-14(17)20(15)12-5-3-2-4-6-12;/h2-6,11H,7-10H2,1H3,(H4,16,17,18,19);1H. The molecule has 1 aliphatic heterocycles. The van der Waals surface area contributed by atoms with Gasteiger partial charge in [0.2, 0.25) is 11.9 Å². The maximum atomic E-state index is 6.16. The largest absolute Gasteiger partial charge is 0.369 e. The van der Waals surface area contributed by atoms with Crippen LogP contribution in [-0.2, 0) is 0 Å². The van der Waals surface area contributed by atoms with Crippen molar-refractivity contribution in [1.29, 1.82) is 0 Å². The quantitative estimate of drug-likeness (QED) is 0.836. The summed E-state index contributed by atoms with van der Waals surface area (Å²) < 4.78 is 0. The molecule has 6 heteroatoms. The topological polar surface area (TPSA) is 80.0 Å². The van der Waals surface area contributed by atoms with Crippen LogP contribution in [-0.4, -0.2) is 17.6 Å². The number of halogens is 1. The molecule has 1 heterocycles. The molecule has 1 aromatic carbocycles. The van der Waals surface area contributed by atoms with Crippen molar-refractivity contribution in [2.24, 2.45) is 27.4 Å². The molecule has 3 rings (SSSR count). The first kappa shape index (κ1) is 15.6. The maximum absolute atomic E-state index is 6.16. The van der Waals surface area contributed by atoms with Crippen LogP contribution in [0.4, 0.5) is 5.69 Å². The van der Waals surface area contributed by atoms with E-state index < -0.39 is 0 Å². The van der Waals surface area contributed by atoms with Crippen molar-refractivity contribution in [2.75, 3.05) is 4.90 Å². The molecule has 2 aliphatic rings. The van der Waals surface area contributed by atoms with E-state index in [2.05, 4.69) is 21.8 Å². The average molecular weight is 308 g/mol. The van der Waals surface area contributed by atoms with Gasteiger partial charge in [0, 0.05) is 5.69 Å². The van der Waals surface area contributed by atoms with E-state index in [1.807, 2.05) is 30.3 Å². The van der Waals surface area contributed by atoms with Crippen molar-refractivity contribution in [3.8, 4) is 0 Å². The van der Waals surface area contributed by atoms with Gasteiger partial charge in [0.25, 0.3) is 0 Å². The predicted molar refractivity (Wildman–Crippen MR) is 89.8 cm³/mol. The van der Waals surface area contributed by atoms with E-state index >= 15 is 0 Å². The molecular formula is C15H22ClN5. The van der Waals surface area contributed by atoms with Gasteiger partial charge in [-0.05, 0) is 43.7 Å². The van der Waals surface area contributed by atoms with Gasteiger partial charge in [-0.25, -0.2) is 4.99 Å². The van der Waals surface area contributed by atoms with Gasteiger partial charge in [-0.15, -0.1) is 12.4 Å². The Morgan fingerprint density at radius 3 is 2.38 bits per heavy atom. The first-order valence-electron chi connectivity index (χ1n) is 7.15. The lowest BCUT2D eigenvalue weighted by atomic mass is 9.81. The molecule has 0 unspecified atom stereocenters. The third kappa shape index (κ3) is 2.83. The monoisotopic (exact) mass is 307 g/mol. The molecule has 1 fully saturated rings. The number of anilines is 1. The van der Waals surface area contributed by atoms with Crippen molar-refractivity contribution in [2.45, 2.75) is 38.3 Å². The lowest BCUT2D eigenvalue weighted by molar-refractivity contribution is 0.252. The minimum absolute atomic E-state index is 0. The van der Waals surface area contributed by atoms with Crippen molar-refractivity contribution < 1.29 is 0 Å². The van der Waals surface area contributed by atoms with Crippen LogP contribution in [0.5, 0.6) is 0 Å². The molecule has 0 amide bonds. The van der Waals surface area contributed by atoms with E-state index in [9.17, 15) is 0 Å². The first-order chi connectivity index (χ1) is 9.61. The molecule has 0 saturated heterocycles. The fraction of sp³-hybridized carbons (Fsp3) is 0.467. The fourth-order valence-electron chi connectivity index (χ4n) is 3.18. The Morgan fingerprint density at radius 2 is 1.76 bits per heavy atom. The van der Waals surface area contributed by atoms with E-state index in [1.54, 1.807) is 0 Å². The van der Waals surface area contributed by atoms with Gasteiger partial charge in [0.05, 0.1) is 0 Å². The van der Waals surface area contributed by atoms with Crippen LogP contribution in [0.25, 0.3) is 0 Å². The van der Waals surface area contributed by atoms with Crippen LogP contribution in [0, 0.1) is 5.92 Å². The highest BCUT2D eigenvalue weighted by molar-refractivity contribution is 6.05. The molecule has 1 spiro atoms. The Kier molecular flexibility index (Phi) is 4.42. The smallest absolute Gasteiger partial charge is 0.220 e. The minimum Gasteiger partial charge on any atom is -0.369 e. The van der Waals surface area contributed by atoms with Crippen LogP contribution in [0.3, 0.4) is 0 Å². The number of nitrogens with zero attached hydrogens (tertiary/aromatic N) is 3. The highest BCUT2D eigenvalue weighted by atomic mass is 35.5. The molecule has 1 aliphatic carbocycles. The summed E-state index contributed by atoms with van der Waals surface area (Å²) in [6.07, 6.45) is 4.18. The van der Waals surface area contributed by atoms with E-state index in [0.717, 1.165) is 37.3 Å². The molecule has 0 radical (unpaired) electrons. The second-order valence-corrected chi connectivity index (χ2v) is 5.78. The van der Waals surface area contributed by atoms with Gasteiger partial charge in [0.15, 0.2) is 0 Å². The van der Waals surface area contributed by atoms with Crippen molar-refractivity contribution >= 4 is 30.0 Å². The third-order valence-electron chi connectivity index (χ3n) is 4.29. The summed E-state index contributed by atoms with van der Waals surface area (Å²) in [6.45, 7) is 2.28. The second kappa shape index (κ2) is 5.93. The van der Waals surface area contributed by atoms with E-state index in [4.69, 9.17) is 11.5 Å². The molecule has 4 N–H and O–H groups in total. The molecule has 5 nitrogen and oxygen atoms in total. The highest BCUT2D eigenvalue weighted by Gasteiger charge is 2.43. The Morgan fingerprint density at radius 1 is 1.14 bits per heavy atom. The number of nitrogens with two attached hydrogens (primary N) is 2. The van der Waals surface area contributed by atoms with Gasteiger partial charge < -0.3 is 11.5 Å². The van der Waals surface area contributed by atoms with Crippen LogP contribution in [0.2, 0.25) is 0 Å². The molecule has 1 aromatic rings. The number of benzene rings is 1. The molecular weight excluding hydrogens is 286 g/mol. The van der Waals surface area contributed by atoms with Gasteiger partial charge in [-0.3, -0.25) is 4.90 Å². The lowest BCUT2D eigenvalue weighted by Gasteiger charge is -2.46. The van der Waals surface area contributed by atoms with Crippen molar-refractivity contribution in [1.82, 2.24) is 0 Å². The average Bonchev–Trinajstić information content (AvgIpc) is 2.43. The summed E-state index contributed by atoms with van der Waals surface area (Å²) in [7, 11) is 0. The Hall–Kier alpha value is -1.75. The maximum Gasteiger partial charge on any atom is 0.220 e. The summed E-state index contributed by atoms with van der Waals surface area (Å²) in [5, 5.41) is 0. The van der Waals surface area contributed by atoms with E-state index in [-0.39, 0.29) is 18.1 Å². The van der Waals surface area contributed by atoms with Crippen LogP contribution >= 0.6 is 12.4 Å². The van der Waals surface area contributed by atoms with Gasteiger partial charge in [-0.2, -0.15) is 4.99 Å². The lowest BCUT2D eigenvalue weighted by Crippen LogP contribution is -2.58. The molecule has 21 heavy (non-hydrogen) atoms. The van der Waals surface area contributed by atoms with Crippen LogP contribution < -0.4 is 16.4 Å². The predicted octanol–water partition coefficient (Wildman–Crippen LogP) is 2.46. The Labute approximate surface area is 131 Å². The van der Waals surface area contributed by atoms with E-state index in [0.29, 0.717) is 11.9 Å². The number of para-hydroxylation sites is 1. The van der Waals surface area contributed by atoms with Gasteiger partial charge in [-0.1, -0.05) is 25.1 Å². The molecule has 1 saturated carbocycles. The summed E-state index contributed by atoms with van der Waals surface area (Å²) in [6, 6.07) is 10.1. The summed E-state index contributed by atoms with van der Waals surface area (Å²) in [4.78, 5) is 10.9. The summed E-state index contributed by atoms with van der Waals surface area (Å²) >= 11 is 0. The van der Waals surface area contributed by atoms with E-state index in [1.165, 1.54) is 0 Å². The SMILES string of the molecule is CC1CCC2(CC1)N=C(N)N=C(N)N2c1ccccc1.Cl. The zero-order valence-electron chi connectivity index (χ0n) is 12.2. The number of aliphatic imine (C=N–C) groups is 2. The van der Waals surface area contributed by atoms with Gasteiger partial charge >= 0.3 is 0 Å². The zero-order chi connectivity index (χ0) is 14.2. The number of guanidine groups is 2. The van der Waals surface area contributed by atoms with Crippen LogP contribution in [0.15, 0.2) is 40.3 Å². The molecule has 0 aromatic heterocycles. The second-order valence-electron chi connectivity index (χ2n) is 5.78. The first-order valence-corrected chi connectivity index (χ1v) is 7.15.